The van der Waals surface area contributed by atoms with Crippen LogP contribution in [-0.2, 0) is 4.79 Å². The van der Waals surface area contributed by atoms with Crippen molar-refractivity contribution < 1.29 is 31.8 Å². The van der Waals surface area contributed by atoms with Crippen molar-refractivity contribution >= 4 is 43.7 Å². The average Bonchev–Trinajstić information content (AvgIpc) is 0.811. The van der Waals surface area contributed by atoms with Crippen LogP contribution in [0.15, 0.2) is 0 Å². The van der Waals surface area contributed by atoms with Gasteiger partial charge in [0, 0.05) is 5.97 Å². The standard InChI is InChI=1S/C2H4O2.Ca.4H2O/c1-2(3)4;;;;;/h1H3,(H,3,4);;4*1H2/q;+2;;;;/p-1. The molecule has 0 atom stereocenters. The number of carbonyl (C=O) groups excluding carboxylic acids is 1. The maximum atomic E-state index is 8.89. The number of carbonyl (C=O) groups is 1. The summed E-state index contributed by atoms with van der Waals surface area (Å²) >= 11 is 0. The molecule has 7 heteroatoms. The molecular weight excluding hydrogens is 160 g/mol. The third kappa shape index (κ3) is 1140. The molecule has 8 N–H and O–H groups in total. The molecule has 0 aromatic heterocycles. The summed E-state index contributed by atoms with van der Waals surface area (Å²) < 4.78 is 0. The molecule has 0 rings (SSSR count). The van der Waals surface area contributed by atoms with E-state index in [1.54, 1.807) is 0 Å². The summed E-state index contributed by atoms with van der Waals surface area (Å²) in [5, 5.41) is 8.89. The molecule has 0 heterocycles. The summed E-state index contributed by atoms with van der Waals surface area (Å²) in [5.74, 6) is -1.08. The van der Waals surface area contributed by atoms with Crippen molar-refractivity contribution in [2.24, 2.45) is 0 Å². The molecule has 0 amide bonds. The average molecular weight is 171 g/mol. The second-order valence-electron chi connectivity index (χ2n) is 0.492. The van der Waals surface area contributed by atoms with Crippen LogP contribution in [0.25, 0.3) is 0 Å². The molecule has 0 aliphatic carbocycles. The summed E-state index contributed by atoms with van der Waals surface area (Å²) in [4.78, 5) is 8.89. The Morgan fingerprint density at radius 1 is 1.11 bits per heavy atom. The van der Waals surface area contributed by atoms with Crippen molar-refractivity contribution in [2.45, 2.75) is 6.92 Å². The van der Waals surface area contributed by atoms with Crippen LogP contribution < -0.4 is 5.11 Å². The fourth-order valence-electron chi connectivity index (χ4n) is 0. The number of carboxylic acid groups (broad SMARTS) is 1. The van der Waals surface area contributed by atoms with Gasteiger partial charge in [0.15, 0.2) is 0 Å². The fourth-order valence-corrected chi connectivity index (χ4v) is 0. The van der Waals surface area contributed by atoms with Gasteiger partial charge in [-0.05, 0) is 6.92 Å². The first kappa shape index (κ1) is 55.2. The Balaban J connectivity index is -0.00000000450. The van der Waals surface area contributed by atoms with Crippen LogP contribution in [0.5, 0.6) is 0 Å². The Hall–Kier alpha value is 0.570. The molecular formula is C2H11CaO6+. The maximum Gasteiger partial charge on any atom is 2.00 e. The smallest absolute Gasteiger partial charge is 0.550 e. The summed E-state index contributed by atoms with van der Waals surface area (Å²) in [6.07, 6.45) is 0. The first-order chi connectivity index (χ1) is 1.73. The number of hydrogen-bond acceptors (Lipinski definition) is 2. The van der Waals surface area contributed by atoms with E-state index in [9.17, 15) is 0 Å². The van der Waals surface area contributed by atoms with E-state index in [0.717, 1.165) is 6.92 Å². The van der Waals surface area contributed by atoms with Gasteiger partial charge in [-0.2, -0.15) is 0 Å². The SMILES string of the molecule is CC(=O)[O-].O.O.O.O.[Ca+2]. The topological polar surface area (TPSA) is 166 Å². The zero-order valence-electron chi connectivity index (χ0n) is 5.02. The monoisotopic (exact) mass is 171 g/mol. The van der Waals surface area contributed by atoms with Crippen molar-refractivity contribution in [3.8, 4) is 0 Å². The van der Waals surface area contributed by atoms with Crippen LogP contribution in [0.3, 0.4) is 0 Å². The van der Waals surface area contributed by atoms with Gasteiger partial charge in [-0.3, -0.25) is 0 Å². The normalized spacial score (nSPS) is 2.78. The Kier molecular flexibility index (Phi) is 236. The summed E-state index contributed by atoms with van der Waals surface area (Å²) in [5.41, 5.74) is 0. The van der Waals surface area contributed by atoms with Gasteiger partial charge in [-0.1, -0.05) is 0 Å². The number of aliphatic carboxylic acids is 1. The molecule has 0 unspecified atom stereocenters. The molecule has 0 radical (unpaired) electrons. The molecule has 0 aliphatic heterocycles. The van der Waals surface area contributed by atoms with Crippen LogP contribution in [0.2, 0.25) is 0 Å². The van der Waals surface area contributed by atoms with Crippen LogP contribution in [0.4, 0.5) is 0 Å². The van der Waals surface area contributed by atoms with Crippen molar-refractivity contribution in [2.75, 3.05) is 0 Å². The summed E-state index contributed by atoms with van der Waals surface area (Å²) in [7, 11) is 0. The van der Waals surface area contributed by atoms with Gasteiger partial charge in [-0.25, -0.2) is 0 Å². The van der Waals surface area contributed by atoms with Gasteiger partial charge in [0.1, 0.15) is 0 Å². The molecule has 56 valence electrons. The molecule has 0 saturated heterocycles. The quantitative estimate of drug-likeness (QED) is 0.333. The Morgan fingerprint density at radius 2 is 1.11 bits per heavy atom. The molecule has 6 nitrogen and oxygen atoms in total. The zero-order valence-corrected chi connectivity index (χ0v) is 7.23. The fraction of sp³-hybridized carbons (Fsp3) is 0.500. The van der Waals surface area contributed by atoms with E-state index in [1.165, 1.54) is 0 Å². The van der Waals surface area contributed by atoms with E-state index in [-0.39, 0.29) is 59.6 Å². The van der Waals surface area contributed by atoms with E-state index in [4.69, 9.17) is 9.90 Å². The Morgan fingerprint density at radius 3 is 1.11 bits per heavy atom. The number of carboxylic acids is 1. The summed E-state index contributed by atoms with van der Waals surface area (Å²) in [6.45, 7) is 0.972. The Labute approximate surface area is 82.1 Å². The van der Waals surface area contributed by atoms with E-state index in [2.05, 4.69) is 0 Å². The van der Waals surface area contributed by atoms with E-state index < -0.39 is 5.97 Å². The van der Waals surface area contributed by atoms with Crippen molar-refractivity contribution in [1.29, 1.82) is 0 Å². The van der Waals surface area contributed by atoms with Crippen molar-refractivity contribution in [3.63, 3.8) is 0 Å². The third-order valence-electron chi connectivity index (χ3n) is 0. The molecule has 0 aliphatic rings. The molecule has 0 bridgehead atoms. The van der Waals surface area contributed by atoms with Crippen LogP contribution in [0.1, 0.15) is 6.92 Å². The maximum absolute atomic E-state index is 8.89. The predicted octanol–water partition coefficient (Wildman–Crippen LogP) is -4.92. The Bertz CT molecular complexity index is 34.0. The number of hydrogen-bond donors (Lipinski definition) is 0. The van der Waals surface area contributed by atoms with Crippen molar-refractivity contribution in [1.82, 2.24) is 0 Å². The van der Waals surface area contributed by atoms with Gasteiger partial charge in [0.05, 0.1) is 0 Å². The molecule has 0 fully saturated rings. The second-order valence-corrected chi connectivity index (χ2v) is 0.492. The molecule has 0 saturated carbocycles. The van der Waals surface area contributed by atoms with Gasteiger partial charge >= 0.3 is 37.7 Å². The minimum absolute atomic E-state index is 0. The minimum Gasteiger partial charge on any atom is -0.550 e. The predicted molar refractivity (Wildman–Crippen MR) is 30.9 cm³/mol. The molecule has 9 heavy (non-hydrogen) atoms. The van der Waals surface area contributed by atoms with E-state index >= 15 is 0 Å². The van der Waals surface area contributed by atoms with Crippen LogP contribution in [0, 0.1) is 0 Å². The summed E-state index contributed by atoms with van der Waals surface area (Å²) in [6, 6.07) is 0. The van der Waals surface area contributed by atoms with Gasteiger partial charge in [0.25, 0.3) is 0 Å². The van der Waals surface area contributed by atoms with Crippen LogP contribution in [-0.4, -0.2) is 65.6 Å². The van der Waals surface area contributed by atoms with Crippen LogP contribution >= 0.6 is 0 Å². The molecule has 0 spiro atoms. The molecule has 0 aromatic carbocycles. The number of rotatable bonds is 0. The third-order valence-corrected chi connectivity index (χ3v) is 0. The van der Waals surface area contributed by atoms with E-state index in [0.29, 0.717) is 0 Å². The van der Waals surface area contributed by atoms with E-state index in [1.807, 2.05) is 0 Å². The van der Waals surface area contributed by atoms with Crippen molar-refractivity contribution in [3.05, 3.63) is 0 Å². The van der Waals surface area contributed by atoms with Gasteiger partial charge < -0.3 is 31.8 Å². The second kappa shape index (κ2) is 38.5. The van der Waals surface area contributed by atoms with Gasteiger partial charge in [0.2, 0.25) is 0 Å². The first-order valence-electron chi connectivity index (χ1n) is 0.908. The van der Waals surface area contributed by atoms with Gasteiger partial charge in [-0.15, -0.1) is 0 Å². The first-order valence-corrected chi connectivity index (χ1v) is 0.908. The molecule has 0 aromatic rings. The zero-order chi connectivity index (χ0) is 3.58. The minimum atomic E-state index is -1.08. The largest absolute Gasteiger partial charge is 2.00 e.